The number of carbonyl (C=O) groups excluding carboxylic acids is 2. The van der Waals surface area contributed by atoms with Crippen molar-refractivity contribution >= 4 is 23.4 Å². The van der Waals surface area contributed by atoms with Crippen LogP contribution in [0.2, 0.25) is 5.02 Å². The topological polar surface area (TPSA) is 76.7 Å². The highest BCUT2D eigenvalue weighted by Gasteiger charge is 2.18. The minimum atomic E-state index is -0.788. The van der Waals surface area contributed by atoms with Crippen molar-refractivity contribution in [2.24, 2.45) is 0 Å². The number of nitrogens with one attached hydrogen (secondary N) is 2. The van der Waals surface area contributed by atoms with Gasteiger partial charge in [-0.05, 0) is 44.2 Å². The van der Waals surface area contributed by atoms with Crippen LogP contribution in [-0.4, -0.2) is 25.0 Å². The summed E-state index contributed by atoms with van der Waals surface area (Å²) in [7, 11) is 1.44. The van der Waals surface area contributed by atoms with E-state index in [4.69, 9.17) is 21.1 Å². The van der Waals surface area contributed by atoms with E-state index in [-0.39, 0.29) is 5.56 Å². The molecule has 132 valence electrons. The first kappa shape index (κ1) is 18.6. The summed E-state index contributed by atoms with van der Waals surface area (Å²) in [6.45, 7) is 3.54. The summed E-state index contributed by atoms with van der Waals surface area (Å²) in [5, 5.41) is 0.383. The lowest BCUT2D eigenvalue weighted by Gasteiger charge is -2.16. The second kappa shape index (κ2) is 8.39. The fourth-order valence-electron chi connectivity index (χ4n) is 2.02. The first-order valence-electron chi connectivity index (χ1n) is 7.57. The Hall–Kier alpha value is -2.73. The molecule has 0 aliphatic rings. The molecule has 0 aliphatic carbocycles. The molecule has 0 unspecified atom stereocenters. The maximum Gasteiger partial charge on any atom is 0.279 e. The average molecular weight is 363 g/mol. The van der Waals surface area contributed by atoms with Gasteiger partial charge in [0, 0.05) is 5.02 Å². The molecular formula is C18H19ClN2O4. The number of halogens is 1. The zero-order chi connectivity index (χ0) is 18.4. The normalized spacial score (nSPS) is 11.4. The predicted octanol–water partition coefficient (Wildman–Crippen LogP) is 2.89. The van der Waals surface area contributed by atoms with Gasteiger partial charge in [-0.15, -0.1) is 0 Å². The van der Waals surface area contributed by atoms with Gasteiger partial charge in [-0.3, -0.25) is 20.4 Å². The van der Waals surface area contributed by atoms with Crippen LogP contribution in [0.4, 0.5) is 0 Å². The van der Waals surface area contributed by atoms with E-state index in [2.05, 4.69) is 10.9 Å². The molecular weight excluding hydrogens is 344 g/mol. The fraction of sp³-hybridized carbons (Fsp3) is 0.222. The van der Waals surface area contributed by atoms with Crippen LogP contribution in [0.5, 0.6) is 11.5 Å². The Morgan fingerprint density at radius 3 is 2.40 bits per heavy atom. The molecule has 2 aromatic rings. The van der Waals surface area contributed by atoms with Gasteiger partial charge in [0.1, 0.15) is 11.5 Å². The summed E-state index contributed by atoms with van der Waals surface area (Å²) in [5.41, 5.74) is 5.94. The van der Waals surface area contributed by atoms with Crippen molar-refractivity contribution < 1.29 is 19.1 Å². The Morgan fingerprint density at radius 1 is 1.08 bits per heavy atom. The molecule has 0 bridgehead atoms. The predicted molar refractivity (Wildman–Crippen MR) is 94.9 cm³/mol. The molecule has 0 saturated heterocycles. The van der Waals surface area contributed by atoms with Crippen LogP contribution in [0.3, 0.4) is 0 Å². The van der Waals surface area contributed by atoms with Gasteiger partial charge in [0.05, 0.1) is 12.7 Å². The molecule has 1 atom stereocenters. The van der Waals surface area contributed by atoms with Gasteiger partial charge < -0.3 is 9.47 Å². The number of methoxy groups -OCH3 is 1. The maximum absolute atomic E-state index is 12.2. The summed E-state index contributed by atoms with van der Waals surface area (Å²) in [4.78, 5) is 24.3. The first-order chi connectivity index (χ1) is 11.9. The Kier molecular flexibility index (Phi) is 6.25. The van der Waals surface area contributed by atoms with Gasteiger partial charge in [-0.25, -0.2) is 0 Å². The molecule has 0 fully saturated rings. The molecule has 0 spiro atoms. The lowest BCUT2D eigenvalue weighted by atomic mass is 10.2. The van der Waals surface area contributed by atoms with Crippen molar-refractivity contribution in [2.75, 3.05) is 7.11 Å². The van der Waals surface area contributed by atoms with Crippen LogP contribution in [0.1, 0.15) is 22.8 Å². The van der Waals surface area contributed by atoms with Gasteiger partial charge in [0.2, 0.25) is 0 Å². The van der Waals surface area contributed by atoms with Gasteiger partial charge >= 0.3 is 0 Å². The summed E-state index contributed by atoms with van der Waals surface area (Å²) < 4.78 is 10.6. The van der Waals surface area contributed by atoms with Crippen LogP contribution in [0.25, 0.3) is 0 Å². The molecule has 25 heavy (non-hydrogen) atoms. The first-order valence-corrected chi connectivity index (χ1v) is 7.95. The molecule has 0 heterocycles. The van der Waals surface area contributed by atoms with Crippen LogP contribution in [-0.2, 0) is 4.79 Å². The van der Waals surface area contributed by atoms with E-state index < -0.39 is 17.9 Å². The van der Waals surface area contributed by atoms with E-state index in [0.717, 1.165) is 5.56 Å². The molecule has 2 aromatic carbocycles. The van der Waals surface area contributed by atoms with Crippen molar-refractivity contribution in [2.45, 2.75) is 20.0 Å². The number of hydrazine groups is 1. The standard InChI is InChI=1S/C18H19ClN2O4/c1-11-4-7-14(8-5-11)25-12(2)17(22)20-21-18(23)15-10-13(19)6-9-16(15)24-3/h4-10,12H,1-3H3,(H,20,22)(H,21,23)/t12-/m1/s1. The maximum atomic E-state index is 12.2. The number of amides is 2. The molecule has 0 aromatic heterocycles. The summed E-state index contributed by atoms with van der Waals surface area (Å²) >= 11 is 5.89. The van der Waals surface area contributed by atoms with Crippen molar-refractivity contribution in [3.63, 3.8) is 0 Å². The number of rotatable bonds is 5. The average Bonchev–Trinajstić information content (AvgIpc) is 2.61. The van der Waals surface area contributed by atoms with Crippen molar-refractivity contribution in [1.82, 2.24) is 10.9 Å². The highest BCUT2D eigenvalue weighted by atomic mass is 35.5. The van der Waals surface area contributed by atoms with Gasteiger partial charge in [-0.2, -0.15) is 0 Å². The molecule has 0 aliphatic heterocycles. The zero-order valence-electron chi connectivity index (χ0n) is 14.1. The Bertz CT molecular complexity index is 762. The second-order valence-corrected chi connectivity index (χ2v) is 5.80. The third kappa shape index (κ3) is 5.12. The largest absolute Gasteiger partial charge is 0.496 e. The number of hydrogen-bond acceptors (Lipinski definition) is 4. The molecule has 2 amide bonds. The zero-order valence-corrected chi connectivity index (χ0v) is 14.9. The van der Waals surface area contributed by atoms with Crippen LogP contribution >= 0.6 is 11.6 Å². The number of benzene rings is 2. The van der Waals surface area contributed by atoms with E-state index in [9.17, 15) is 9.59 Å². The number of carbonyl (C=O) groups is 2. The number of ether oxygens (including phenoxy) is 2. The van der Waals surface area contributed by atoms with E-state index in [1.165, 1.54) is 13.2 Å². The fourth-order valence-corrected chi connectivity index (χ4v) is 2.19. The van der Waals surface area contributed by atoms with E-state index in [0.29, 0.717) is 16.5 Å². The highest BCUT2D eigenvalue weighted by Crippen LogP contribution is 2.22. The lowest BCUT2D eigenvalue weighted by molar-refractivity contribution is -0.128. The minimum absolute atomic E-state index is 0.211. The van der Waals surface area contributed by atoms with Gasteiger partial charge in [-0.1, -0.05) is 29.3 Å². The highest BCUT2D eigenvalue weighted by molar-refractivity contribution is 6.31. The number of hydrogen-bond donors (Lipinski definition) is 2. The smallest absolute Gasteiger partial charge is 0.279 e. The van der Waals surface area contributed by atoms with E-state index in [1.54, 1.807) is 31.2 Å². The van der Waals surface area contributed by atoms with Crippen LogP contribution in [0.15, 0.2) is 42.5 Å². The van der Waals surface area contributed by atoms with Crippen LogP contribution < -0.4 is 20.3 Å². The van der Waals surface area contributed by atoms with Crippen molar-refractivity contribution in [1.29, 1.82) is 0 Å². The summed E-state index contributed by atoms with van der Waals surface area (Å²) in [6, 6.07) is 11.9. The number of aryl methyl sites for hydroxylation is 1. The molecule has 7 heteroatoms. The Balaban J connectivity index is 1.93. The SMILES string of the molecule is COc1ccc(Cl)cc1C(=O)NNC(=O)[C@@H](C)Oc1ccc(C)cc1. The van der Waals surface area contributed by atoms with Crippen LogP contribution in [0, 0.1) is 6.92 Å². The van der Waals surface area contributed by atoms with E-state index >= 15 is 0 Å². The van der Waals surface area contributed by atoms with Gasteiger partial charge in [0.15, 0.2) is 6.10 Å². The monoisotopic (exact) mass is 362 g/mol. The Labute approximate surface area is 151 Å². The quantitative estimate of drug-likeness (QED) is 0.802. The molecule has 0 saturated carbocycles. The molecule has 2 N–H and O–H groups in total. The van der Waals surface area contributed by atoms with Crippen molar-refractivity contribution in [3.8, 4) is 11.5 Å². The van der Waals surface area contributed by atoms with Crippen molar-refractivity contribution in [3.05, 3.63) is 58.6 Å². The molecule has 2 rings (SSSR count). The van der Waals surface area contributed by atoms with E-state index in [1.807, 2.05) is 19.1 Å². The minimum Gasteiger partial charge on any atom is -0.496 e. The van der Waals surface area contributed by atoms with Gasteiger partial charge in [0.25, 0.3) is 11.8 Å². The molecule has 6 nitrogen and oxygen atoms in total. The molecule has 0 radical (unpaired) electrons. The summed E-state index contributed by atoms with van der Waals surface area (Å²) in [5.74, 6) is -0.124. The summed E-state index contributed by atoms with van der Waals surface area (Å²) in [6.07, 6.45) is -0.788. The lowest BCUT2D eigenvalue weighted by Crippen LogP contribution is -2.47. The third-order valence-electron chi connectivity index (χ3n) is 3.41. The third-order valence-corrected chi connectivity index (χ3v) is 3.64. The Morgan fingerprint density at radius 2 is 1.76 bits per heavy atom. The second-order valence-electron chi connectivity index (χ2n) is 5.36.